The van der Waals surface area contributed by atoms with Crippen molar-refractivity contribution in [2.45, 2.75) is 25.3 Å². The first-order chi connectivity index (χ1) is 11.6. The van der Waals surface area contributed by atoms with Crippen LogP contribution in [0.5, 0.6) is 11.6 Å². The molecule has 0 bridgehead atoms. The summed E-state index contributed by atoms with van der Waals surface area (Å²) in [6.07, 6.45) is 3.55. The summed E-state index contributed by atoms with van der Waals surface area (Å²) in [5.74, 6) is -0.224. The molecule has 6 heteroatoms. The molecule has 6 nitrogen and oxygen atoms in total. The number of nitrogens with zero attached hydrogens (tertiary/aromatic N) is 2. The summed E-state index contributed by atoms with van der Waals surface area (Å²) in [5, 5.41) is 9.28. The zero-order valence-corrected chi connectivity index (χ0v) is 13.1. The third-order valence-electron chi connectivity index (χ3n) is 4.00. The van der Waals surface area contributed by atoms with Crippen LogP contribution >= 0.6 is 0 Å². The molecule has 1 saturated heterocycles. The second-order valence-corrected chi connectivity index (χ2v) is 5.65. The number of aromatic nitrogens is 1. The van der Waals surface area contributed by atoms with Crippen LogP contribution in [0.25, 0.3) is 0 Å². The third kappa shape index (κ3) is 3.53. The predicted molar refractivity (Wildman–Crippen MR) is 87.1 cm³/mol. The lowest BCUT2D eigenvalue weighted by molar-refractivity contribution is -0.143. The average Bonchev–Trinajstić information content (AvgIpc) is 2.62. The Balaban J connectivity index is 1.72. The number of rotatable bonds is 4. The topological polar surface area (TPSA) is 79.7 Å². The molecule has 0 unspecified atom stereocenters. The third-order valence-corrected chi connectivity index (χ3v) is 4.00. The largest absolute Gasteiger partial charge is 0.480 e. The maximum Gasteiger partial charge on any atom is 0.326 e. The minimum atomic E-state index is -0.958. The van der Waals surface area contributed by atoms with Gasteiger partial charge in [-0.15, -0.1) is 0 Å². The Labute approximate surface area is 139 Å². The van der Waals surface area contributed by atoms with Crippen molar-refractivity contribution in [3.05, 3.63) is 54.2 Å². The van der Waals surface area contributed by atoms with Crippen LogP contribution in [0.2, 0.25) is 0 Å². The number of ether oxygens (including phenoxy) is 1. The van der Waals surface area contributed by atoms with E-state index in [1.165, 1.54) is 11.1 Å². The molecule has 1 aromatic heterocycles. The minimum Gasteiger partial charge on any atom is -0.480 e. The van der Waals surface area contributed by atoms with Crippen molar-refractivity contribution in [1.29, 1.82) is 0 Å². The number of carboxylic acid groups (broad SMARTS) is 1. The van der Waals surface area contributed by atoms with Crippen molar-refractivity contribution < 1.29 is 19.4 Å². The van der Waals surface area contributed by atoms with E-state index < -0.39 is 12.0 Å². The van der Waals surface area contributed by atoms with E-state index in [2.05, 4.69) is 4.98 Å². The molecule has 24 heavy (non-hydrogen) atoms. The number of aliphatic carboxylic acids is 1. The van der Waals surface area contributed by atoms with Crippen LogP contribution in [0.4, 0.5) is 0 Å². The number of amides is 1. The molecule has 0 spiro atoms. The van der Waals surface area contributed by atoms with E-state index >= 15 is 0 Å². The Morgan fingerprint density at radius 2 is 1.92 bits per heavy atom. The smallest absolute Gasteiger partial charge is 0.326 e. The number of likely N-dealkylation sites (tertiary alicyclic amines) is 1. The van der Waals surface area contributed by atoms with Gasteiger partial charge in [0.1, 0.15) is 11.8 Å². The van der Waals surface area contributed by atoms with Gasteiger partial charge in [-0.3, -0.25) is 4.79 Å². The van der Waals surface area contributed by atoms with E-state index in [1.807, 2.05) is 30.3 Å². The highest BCUT2D eigenvalue weighted by molar-refractivity contribution is 5.96. The lowest BCUT2D eigenvalue weighted by Crippen LogP contribution is -2.48. The number of carbonyl (C=O) groups excluding carboxylic acids is 1. The SMILES string of the molecule is O=C(O)[C@H]1CCCCN1C(=O)c1ccc(Oc2ccccc2)nc1. The second-order valence-electron chi connectivity index (χ2n) is 5.65. The van der Waals surface area contributed by atoms with Gasteiger partial charge in [0.2, 0.25) is 5.88 Å². The molecule has 2 heterocycles. The fraction of sp³-hybridized carbons (Fsp3) is 0.278. The number of piperidine rings is 1. The summed E-state index contributed by atoms with van der Waals surface area (Å²) in [6.45, 7) is 0.456. The Kier molecular flexibility index (Phi) is 4.74. The highest BCUT2D eigenvalue weighted by atomic mass is 16.5. The Morgan fingerprint density at radius 3 is 2.58 bits per heavy atom. The quantitative estimate of drug-likeness (QED) is 0.934. The van der Waals surface area contributed by atoms with Crippen LogP contribution in [0.3, 0.4) is 0 Å². The van der Waals surface area contributed by atoms with E-state index in [4.69, 9.17) is 4.74 Å². The van der Waals surface area contributed by atoms with Crippen molar-refractivity contribution in [3.63, 3.8) is 0 Å². The van der Waals surface area contributed by atoms with E-state index in [9.17, 15) is 14.7 Å². The zero-order chi connectivity index (χ0) is 16.9. The van der Waals surface area contributed by atoms with Crippen molar-refractivity contribution in [1.82, 2.24) is 9.88 Å². The maximum absolute atomic E-state index is 12.6. The number of carbonyl (C=O) groups is 2. The van der Waals surface area contributed by atoms with Gasteiger partial charge in [0, 0.05) is 18.8 Å². The van der Waals surface area contributed by atoms with Crippen molar-refractivity contribution in [3.8, 4) is 11.6 Å². The lowest BCUT2D eigenvalue weighted by Gasteiger charge is -2.32. The normalized spacial score (nSPS) is 17.3. The maximum atomic E-state index is 12.6. The van der Waals surface area contributed by atoms with Crippen LogP contribution in [0, 0.1) is 0 Å². The molecule has 1 aliphatic heterocycles. The monoisotopic (exact) mass is 326 g/mol. The molecule has 124 valence electrons. The van der Waals surface area contributed by atoms with Gasteiger partial charge < -0.3 is 14.7 Å². The number of para-hydroxylation sites is 1. The van der Waals surface area contributed by atoms with Crippen LogP contribution in [0.1, 0.15) is 29.6 Å². The summed E-state index contributed by atoms with van der Waals surface area (Å²) < 4.78 is 5.59. The van der Waals surface area contributed by atoms with Gasteiger partial charge in [0.25, 0.3) is 5.91 Å². The van der Waals surface area contributed by atoms with Gasteiger partial charge >= 0.3 is 5.97 Å². The number of pyridine rings is 1. The molecule has 1 amide bonds. The number of hydrogen-bond acceptors (Lipinski definition) is 4. The van der Waals surface area contributed by atoms with E-state index in [-0.39, 0.29) is 5.91 Å². The van der Waals surface area contributed by atoms with E-state index in [1.54, 1.807) is 12.1 Å². The molecule has 0 radical (unpaired) electrons. The molecule has 0 aliphatic carbocycles. The molecule has 1 atom stereocenters. The Morgan fingerprint density at radius 1 is 1.12 bits per heavy atom. The van der Waals surface area contributed by atoms with Crippen molar-refractivity contribution in [2.24, 2.45) is 0 Å². The van der Waals surface area contributed by atoms with Crippen LogP contribution in [-0.2, 0) is 4.79 Å². The van der Waals surface area contributed by atoms with Gasteiger partial charge in [0.15, 0.2) is 0 Å². The number of hydrogen-bond donors (Lipinski definition) is 1. The lowest BCUT2D eigenvalue weighted by atomic mass is 10.0. The molecule has 1 aromatic carbocycles. The summed E-state index contributed by atoms with van der Waals surface area (Å²) in [5.41, 5.74) is 0.364. The fourth-order valence-electron chi connectivity index (χ4n) is 2.77. The summed E-state index contributed by atoms with van der Waals surface area (Å²) in [4.78, 5) is 29.5. The molecule has 1 fully saturated rings. The first kappa shape index (κ1) is 16.0. The summed E-state index contributed by atoms with van der Waals surface area (Å²) >= 11 is 0. The molecule has 0 saturated carbocycles. The van der Waals surface area contributed by atoms with Gasteiger partial charge in [0.05, 0.1) is 5.56 Å². The molecular formula is C18H18N2O4. The molecular weight excluding hydrogens is 308 g/mol. The van der Waals surface area contributed by atoms with Crippen LogP contribution in [0.15, 0.2) is 48.7 Å². The van der Waals surface area contributed by atoms with Gasteiger partial charge in [-0.25, -0.2) is 9.78 Å². The van der Waals surface area contributed by atoms with Crippen LogP contribution in [-0.4, -0.2) is 39.5 Å². The van der Waals surface area contributed by atoms with Crippen molar-refractivity contribution >= 4 is 11.9 Å². The predicted octanol–water partition coefficient (Wildman–Crippen LogP) is 2.95. The number of carboxylic acids is 1. The number of benzene rings is 1. The zero-order valence-electron chi connectivity index (χ0n) is 13.1. The summed E-state index contributed by atoms with van der Waals surface area (Å²) in [6, 6.07) is 11.7. The van der Waals surface area contributed by atoms with Gasteiger partial charge in [-0.1, -0.05) is 18.2 Å². The molecule has 1 aliphatic rings. The van der Waals surface area contributed by atoms with Gasteiger partial charge in [-0.2, -0.15) is 0 Å². The second kappa shape index (κ2) is 7.12. The first-order valence-electron chi connectivity index (χ1n) is 7.88. The van der Waals surface area contributed by atoms with Crippen molar-refractivity contribution in [2.75, 3.05) is 6.54 Å². The van der Waals surface area contributed by atoms with Crippen LogP contribution < -0.4 is 4.74 Å². The highest BCUT2D eigenvalue weighted by Gasteiger charge is 2.32. The standard InChI is InChI=1S/C18H18N2O4/c21-17(20-11-5-4-8-15(20)18(22)23)13-9-10-16(19-12-13)24-14-6-2-1-3-7-14/h1-3,6-7,9-10,12,15H,4-5,8,11H2,(H,22,23)/t15-/m1/s1. The van der Waals surface area contributed by atoms with Gasteiger partial charge in [-0.05, 0) is 37.5 Å². The summed E-state index contributed by atoms with van der Waals surface area (Å²) in [7, 11) is 0. The molecule has 1 N–H and O–H groups in total. The fourth-order valence-corrected chi connectivity index (χ4v) is 2.77. The highest BCUT2D eigenvalue weighted by Crippen LogP contribution is 2.22. The van der Waals surface area contributed by atoms with E-state index in [0.717, 1.165) is 12.8 Å². The Bertz CT molecular complexity index is 716. The average molecular weight is 326 g/mol. The Hall–Kier alpha value is -2.89. The molecule has 2 aromatic rings. The molecule has 3 rings (SSSR count). The van der Waals surface area contributed by atoms with E-state index in [0.29, 0.717) is 30.2 Å². The minimum absolute atomic E-state index is 0.305. The first-order valence-corrected chi connectivity index (χ1v) is 7.88.